The minimum Gasteiger partial charge on any atom is -0.330 e. The molecule has 0 aromatic heterocycles. The predicted octanol–water partition coefficient (Wildman–Crippen LogP) is 4.71. The van der Waals surface area contributed by atoms with Gasteiger partial charge >= 0.3 is 6.18 Å². The minimum atomic E-state index is -4.64. The van der Waals surface area contributed by atoms with Crippen LogP contribution in [0.5, 0.6) is 0 Å². The summed E-state index contributed by atoms with van der Waals surface area (Å²) in [6.45, 7) is 2.30. The molecule has 3 rings (SSSR count). The van der Waals surface area contributed by atoms with E-state index < -0.39 is 18.5 Å². The zero-order valence-corrected chi connectivity index (χ0v) is 20.8. The summed E-state index contributed by atoms with van der Waals surface area (Å²) in [4.78, 5) is 23.2. The molecule has 35 heavy (non-hydrogen) atoms. The molecule has 1 heterocycles. The van der Waals surface area contributed by atoms with Gasteiger partial charge < -0.3 is 21.7 Å². The third kappa shape index (κ3) is 9.09. The van der Waals surface area contributed by atoms with Crippen molar-refractivity contribution in [3.05, 3.63) is 63.1 Å². The Morgan fingerprint density at radius 2 is 1.86 bits per heavy atom. The minimum absolute atomic E-state index is 0.170. The van der Waals surface area contributed by atoms with Crippen LogP contribution in [0.2, 0.25) is 10.0 Å². The number of nitrogens with one attached hydrogen (secondary N) is 1. The van der Waals surface area contributed by atoms with Crippen LogP contribution in [0.3, 0.4) is 0 Å². The van der Waals surface area contributed by atoms with E-state index in [4.69, 9.17) is 39.5 Å². The molecule has 1 aliphatic rings. The number of rotatable bonds is 7. The Balaban J connectivity index is 0.000000641. The molecule has 11 heteroatoms. The quantitative estimate of drug-likeness (QED) is 0.354. The number of fused-ring (bicyclic) bond motifs is 1. The zero-order chi connectivity index (χ0) is 26.2. The number of hydrogen-bond donors (Lipinski definition) is 3. The van der Waals surface area contributed by atoms with Crippen molar-refractivity contribution in [1.29, 1.82) is 0 Å². The van der Waals surface area contributed by atoms with Crippen LogP contribution in [0.1, 0.15) is 41.9 Å². The van der Waals surface area contributed by atoms with E-state index in [0.29, 0.717) is 23.0 Å². The van der Waals surface area contributed by atoms with Crippen molar-refractivity contribution in [1.82, 2.24) is 4.90 Å². The maximum Gasteiger partial charge on any atom is 0.446 e. The number of nitrogens with zero attached hydrogens (tertiary/aromatic N) is 1. The van der Waals surface area contributed by atoms with E-state index in [1.807, 2.05) is 30.3 Å². The Kier molecular flexibility index (Phi) is 11.0. The number of unbranched alkanes of at least 4 members (excludes halogenated alkanes) is 1. The van der Waals surface area contributed by atoms with E-state index in [1.54, 1.807) is 6.07 Å². The van der Waals surface area contributed by atoms with Crippen LogP contribution < -0.4 is 16.8 Å². The van der Waals surface area contributed by atoms with Crippen LogP contribution in [-0.2, 0) is 16.1 Å². The Bertz CT molecular complexity index is 1000. The van der Waals surface area contributed by atoms with E-state index in [9.17, 15) is 18.0 Å². The molecule has 2 aromatic carbocycles. The Morgan fingerprint density at radius 3 is 2.43 bits per heavy atom. The molecule has 1 unspecified atom stereocenters. The molecule has 0 saturated carbocycles. The van der Waals surface area contributed by atoms with Gasteiger partial charge in [-0.2, -0.15) is 13.2 Å². The number of alkyl halides is 3. The van der Waals surface area contributed by atoms with E-state index >= 15 is 0 Å². The van der Waals surface area contributed by atoms with Crippen molar-refractivity contribution in [3.8, 4) is 0 Å². The summed E-state index contributed by atoms with van der Waals surface area (Å²) in [6.07, 6.45) is -3.34. The number of aldehydes is 1. The molecule has 0 radical (unpaired) electrons. The molecule has 0 aliphatic carbocycles. The predicted molar refractivity (Wildman–Crippen MR) is 133 cm³/mol. The van der Waals surface area contributed by atoms with Crippen LogP contribution in [-0.4, -0.2) is 49.4 Å². The van der Waals surface area contributed by atoms with Gasteiger partial charge in [-0.15, -0.1) is 0 Å². The summed E-state index contributed by atoms with van der Waals surface area (Å²) in [7, 11) is 2.08. The molecule has 0 saturated heterocycles. The monoisotopic (exact) mass is 532 g/mol. The summed E-state index contributed by atoms with van der Waals surface area (Å²) in [5, 5.41) is 4.25. The summed E-state index contributed by atoms with van der Waals surface area (Å²) in [5.74, 6) is -0.000647. The largest absolute Gasteiger partial charge is 0.446 e. The van der Waals surface area contributed by atoms with Crippen molar-refractivity contribution in [2.75, 3.05) is 25.5 Å². The summed E-state index contributed by atoms with van der Waals surface area (Å²) in [6, 6.07) is 11.2. The van der Waals surface area contributed by atoms with Crippen LogP contribution in [0.15, 0.2) is 36.4 Å². The zero-order valence-electron chi connectivity index (χ0n) is 19.2. The molecule has 0 bridgehead atoms. The molecule has 5 N–H and O–H groups in total. The Hall–Kier alpha value is -2.17. The molecule has 1 amide bonds. The van der Waals surface area contributed by atoms with Crippen LogP contribution in [0.25, 0.3) is 0 Å². The Morgan fingerprint density at radius 1 is 1.23 bits per heavy atom. The van der Waals surface area contributed by atoms with Crippen molar-refractivity contribution in [2.24, 2.45) is 11.5 Å². The van der Waals surface area contributed by atoms with Crippen LogP contribution in [0, 0.1) is 0 Å². The lowest BCUT2D eigenvalue weighted by Gasteiger charge is -2.33. The highest BCUT2D eigenvalue weighted by Crippen LogP contribution is 2.38. The number of nitrogens with two attached hydrogens (primary N) is 2. The number of benzene rings is 2. The molecule has 0 spiro atoms. The standard InChI is InChI=1S/C22H28Cl2N4O.C2HF3O/c1-28-12-18(17-10-15(23)11-20(24)19(17)13-28)14-5-7-16(8-6-14)27-22(29)21(26)4-2-3-9-25;3-2(4,5)1-6/h5-8,10-11,18,21H,2-4,9,12-13,25-26H2,1H3,(H,27,29);1H/t18?,21-;/m0./s1. The smallest absolute Gasteiger partial charge is 0.330 e. The number of carbonyl (C=O) groups is 2. The second-order valence-electron chi connectivity index (χ2n) is 8.37. The van der Waals surface area contributed by atoms with E-state index in [2.05, 4.69) is 17.3 Å². The fourth-order valence-corrected chi connectivity index (χ4v) is 4.37. The fourth-order valence-electron chi connectivity index (χ4n) is 3.80. The number of likely N-dealkylation sites (N-methyl/N-ethyl adjacent to an activating group) is 1. The van der Waals surface area contributed by atoms with Gasteiger partial charge in [0.2, 0.25) is 12.2 Å². The fraction of sp³-hybridized carbons (Fsp3) is 0.417. The second-order valence-corrected chi connectivity index (χ2v) is 9.21. The lowest BCUT2D eigenvalue weighted by Crippen LogP contribution is -2.35. The first-order chi connectivity index (χ1) is 16.4. The molecular formula is C24H29Cl2F3N4O2. The number of amides is 1. The molecular weight excluding hydrogens is 504 g/mol. The topological polar surface area (TPSA) is 101 Å². The highest BCUT2D eigenvalue weighted by Gasteiger charge is 2.27. The molecule has 0 fully saturated rings. The van der Waals surface area contributed by atoms with Gasteiger partial charge in [0.05, 0.1) is 6.04 Å². The molecule has 1 aliphatic heterocycles. The van der Waals surface area contributed by atoms with Crippen molar-refractivity contribution in [3.63, 3.8) is 0 Å². The normalized spacial score (nSPS) is 16.5. The lowest BCUT2D eigenvalue weighted by molar-refractivity contribution is -0.156. The first-order valence-electron chi connectivity index (χ1n) is 11.0. The van der Waals surface area contributed by atoms with E-state index in [1.165, 1.54) is 5.56 Å². The van der Waals surface area contributed by atoms with E-state index in [-0.39, 0.29) is 11.8 Å². The number of halogens is 5. The SMILES string of the molecule is CN1Cc2c(Cl)cc(Cl)cc2C(c2ccc(NC(=O)[C@@H](N)CCCCN)cc2)C1.O=CC(F)(F)F. The van der Waals surface area contributed by atoms with Crippen molar-refractivity contribution < 1.29 is 22.8 Å². The first-order valence-corrected chi connectivity index (χ1v) is 11.8. The summed E-state index contributed by atoms with van der Waals surface area (Å²) >= 11 is 12.7. The third-order valence-corrected chi connectivity index (χ3v) is 6.07. The van der Waals surface area contributed by atoms with Crippen LogP contribution >= 0.6 is 23.2 Å². The van der Waals surface area contributed by atoms with Gasteiger partial charge in [-0.05, 0) is 67.4 Å². The highest BCUT2D eigenvalue weighted by molar-refractivity contribution is 6.35. The van der Waals surface area contributed by atoms with Crippen LogP contribution in [0.4, 0.5) is 18.9 Å². The average molecular weight is 533 g/mol. The van der Waals surface area contributed by atoms with Gasteiger partial charge in [0, 0.05) is 34.7 Å². The van der Waals surface area contributed by atoms with Gasteiger partial charge in [-0.25, -0.2) is 0 Å². The molecule has 6 nitrogen and oxygen atoms in total. The van der Waals surface area contributed by atoms with Gasteiger partial charge in [0.15, 0.2) is 0 Å². The highest BCUT2D eigenvalue weighted by atomic mass is 35.5. The van der Waals surface area contributed by atoms with Gasteiger partial charge in [-0.3, -0.25) is 9.59 Å². The molecule has 192 valence electrons. The number of carbonyl (C=O) groups excluding carboxylic acids is 2. The number of hydrogen-bond acceptors (Lipinski definition) is 5. The van der Waals surface area contributed by atoms with Gasteiger partial charge in [0.25, 0.3) is 0 Å². The third-order valence-electron chi connectivity index (χ3n) is 5.51. The Labute approximate surface area is 212 Å². The maximum atomic E-state index is 12.3. The second kappa shape index (κ2) is 13.2. The van der Waals surface area contributed by atoms with Gasteiger partial charge in [-0.1, -0.05) is 41.8 Å². The van der Waals surface area contributed by atoms with Crippen molar-refractivity contribution >= 4 is 41.1 Å². The molecule has 2 aromatic rings. The van der Waals surface area contributed by atoms with Crippen molar-refractivity contribution in [2.45, 2.75) is 43.9 Å². The molecule has 2 atom stereocenters. The maximum absolute atomic E-state index is 12.3. The first kappa shape index (κ1) is 29.1. The average Bonchev–Trinajstić information content (AvgIpc) is 2.79. The van der Waals surface area contributed by atoms with E-state index in [0.717, 1.165) is 42.7 Å². The van der Waals surface area contributed by atoms with Gasteiger partial charge in [0.1, 0.15) is 0 Å². The summed E-state index contributed by atoms with van der Waals surface area (Å²) < 4.78 is 31.2. The lowest BCUT2D eigenvalue weighted by atomic mass is 9.84. The summed E-state index contributed by atoms with van der Waals surface area (Å²) in [5.41, 5.74) is 15.6. The number of anilines is 1.